The van der Waals surface area contributed by atoms with E-state index in [-0.39, 0.29) is 51.4 Å². The van der Waals surface area contributed by atoms with Crippen LogP contribution in [0.15, 0.2) is 0 Å². The van der Waals surface area contributed by atoms with Crippen molar-refractivity contribution >= 4 is 7.25 Å². The Balaban J connectivity index is -0.000000150. The predicted octanol–water partition coefficient (Wildman–Crippen LogP) is 0.460. The third-order valence-electron chi connectivity index (χ3n) is 0.905. The van der Waals surface area contributed by atoms with E-state index in [0.29, 0.717) is 0 Å². The van der Waals surface area contributed by atoms with Gasteiger partial charge in [0.15, 0.2) is 0 Å². The zero-order valence-electron chi connectivity index (χ0n) is 7.92. The van der Waals surface area contributed by atoms with Crippen molar-refractivity contribution in [1.29, 1.82) is 0 Å². The number of unbranched alkanes of at least 4 members (excludes halogenated alkanes) is 3. The van der Waals surface area contributed by atoms with Crippen LogP contribution < -0.4 is 51.4 Å². The second-order valence-corrected chi connectivity index (χ2v) is 2.13. The third-order valence-corrected chi connectivity index (χ3v) is 0.905. The van der Waals surface area contributed by atoms with Crippen molar-refractivity contribution < 1.29 is 68.6 Å². The van der Waals surface area contributed by atoms with Crippen molar-refractivity contribution in [2.75, 3.05) is 0 Å². The average molecular weight is 221 g/mol. The average Bonchev–Trinajstić information content (AvgIpc) is 1.85. The van der Waals surface area contributed by atoms with Crippen LogP contribution in [0.4, 0.5) is 17.3 Å². The minimum absolute atomic E-state index is 0. The largest absolute Gasteiger partial charge is 1.00 e. The van der Waals surface area contributed by atoms with Gasteiger partial charge in [-0.25, -0.2) is 0 Å². The second kappa shape index (κ2) is 13.0. The van der Waals surface area contributed by atoms with Crippen molar-refractivity contribution in [2.45, 2.75) is 32.6 Å². The number of halogens is 4. The smallest absolute Gasteiger partial charge is 0.694 e. The molecule has 0 aromatic rings. The van der Waals surface area contributed by atoms with Gasteiger partial charge in [-0.3, -0.25) is 0 Å². The van der Waals surface area contributed by atoms with Crippen molar-refractivity contribution in [2.24, 2.45) is 0 Å². The standard InChI is InChI=1S/C7H11.BF4.K/c1-3-5-7-6-4-2;2-1(3,4)5;/h3,5-7H2,1H3;;/q2*-1;+1. The van der Waals surface area contributed by atoms with Gasteiger partial charge in [0.1, 0.15) is 0 Å². The monoisotopic (exact) mass is 221 g/mol. The Hall–Kier alpha value is 0.981. The van der Waals surface area contributed by atoms with Gasteiger partial charge in [0.05, 0.1) is 0 Å². The Morgan fingerprint density at radius 2 is 1.54 bits per heavy atom. The van der Waals surface area contributed by atoms with E-state index in [9.17, 15) is 17.3 Å². The van der Waals surface area contributed by atoms with Gasteiger partial charge in [-0.05, 0) is 12.8 Å². The Morgan fingerprint density at radius 3 is 1.77 bits per heavy atom. The fourth-order valence-electron chi connectivity index (χ4n) is 0.463. The molecule has 0 unspecified atom stereocenters. The van der Waals surface area contributed by atoms with Gasteiger partial charge in [0, 0.05) is 0 Å². The van der Waals surface area contributed by atoms with Crippen LogP contribution in [0.25, 0.3) is 0 Å². The molecule has 13 heavy (non-hydrogen) atoms. The van der Waals surface area contributed by atoms with E-state index < -0.39 is 7.25 Å². The Labute approximate surface area is 119 Å². The van der Waals surface area contributed by atoms with Gasteiger partial charge in [0.25, 0.3) is 0 Å². The van der Waals surface area contributed by atoms with E-state index in [0.717, 1.165) is 12.8 Å². The van der Waals surface area contributed by atoms with E-state index in [1.54, 1.807) is 0 Å². The van der Waals surface area contributed by atoms with Crippen LogP contribution in [0.3, 0.4) is 0 Å². The zero-order valence-corrected chi connectivity index (χ0v) is 11.0. The summed E-state index contributed by atoms with van der Waals surface area (Å²) < 4.78 is 39.0. The molecule has 0 aliphatic heterocycles. The number of rotatable bonds is 3. The molecule has 0 aliphatic carbocycles. The molecule has 0 saturated heterocycles. The molecule has 6 heteroatoms. The summed E-state index contributed by atoms with van der Waals surface area (Å²) in [6.07, 6.45) is 11.0. The van der Waals surface area contributed by atoms with Crippen LogP contribution in [0.2, 0.25) is 0 Å². The molecule has 0 bridgehead atoms. The van der Waals surface area contributed by atoms with Crippen molar-refractivity contribution in [1.82, 2.24) is 0 Å². The third kappa shape index (κ3) is 63.1. The molecule has 0 fully saturated rings. The van der Waals surface area contributed by atoms with Gasteiger partial charge in [-0.1, -0.05) is 19.8 Å². The molecule has 0 atom stereocenters. The summed E-state index contributed by atoms with van der Waals surface area (Å²) in [6.45, 7) is 2.16. The molecule has 0 aromatic carbocycles. The summed E-state index contributed by atoms with van der Waals surface area (Å²) in [7, 11) is -6.00. The molecule has 0 aromatic heterocycles. The topological polar surface area (TPSA) is 0 Å². The molecule has 0 amide bonds. The van der Waals surface area contributed by atoms with E-state index in [2.05, 4.69) is 12.8 Å². The zero-order chi connectivity index (χ0) is 10.0. The molecular weight excluding hydrogens is 210 g/mol. The first-order valence-electron chi connectivity index (χ1n) is 3.68. The van der Waals surface area contributed by atoms with Crippen LogP contribution in [0.1, 0.15) is 32.6 Å². The minimum atomic E-state index is -6.00. The van der Waals surface area contributed by atoms with Crippen molar-refractivity contribution in [3.63, 3.8) is 0 Å². The fraction of sp³-hybridized carbons (Fsp3) is 0.714. The van der Waals surface area contributed by atoms with Gasteiger partial charge in [-0.15, -0.1) is 0 Å². The van der Waals surface area contributed by atoms with Crippen LogP contribution in [0, 0.1) is 12.3 Å². The SMILES string of the molecule is F[B-](F)(F)F.[C-]#CCCCCC.[K+]. The molecule has 0 spiro atoms. The van der Waals surface area contributed by atoms with E-state index in [1.807, 2.05) is 0 Å². The van der Waals surface area contributed by atoms with Gasteiger partial charge in [0.2, 0.25) is 0 Å². The van der Waals surface area contributed by atoms with Crippen LogP contribution in [-0.4, -0.2) is 7.25 Å². The summed E-state index contributed by atoms with van der Waals surface area (Å²) in [5.74, 6) is 2.35. The molecular formula is C7H11BF4K-. The van der Waals surface area contributed by atoms with Crippen LogP contribution in [0.5, 0.6) is 0 Å². The molecule has 72 valence electrons. The minimum Gasteiger partial charge on any atom is -0.694 e. The first kappa shape index (κ1) is 19.5. The number of hydrogen-bond donors (Lipinski definition) is 0. The molecule has 0 radical (unpaired) electrons. The fourth-order valence-corrected chi connectivity index (χ4v) is 0.463. The van der Waals surface area contributed by atoms with Crippen molar-refractivity contribution in [3.05, 3.63) is 6.42 Å². The normalized spacial score (nSPS) is 8.92. The summed E-state index contributed by atoms with van der Waals surface area (Å²) in [4.78, 5) is 0. The Bertz CT molecular complexity index is 123. The quantitative estimate of drug-likeness (QED) is 0.213. The summed E-state index contributed by atoms with van der Waals surface area (Å²) in [5.41, 5.74) is 0. The van der Waals surface area contributed by atoms with Crippen LogP contribution >= 0.6 is 0 Å². The molecule has 0 saturated carbocycles. The van der Waals surface area contributed by atoms with Gasteiger partial charge < -0.3 is 29.6 Å². The number of hydrogen-bond acceptors (Lipinski definition) is 0. The predicted molar refractivity (Wildman–Crippen MR) is 41.5 cm³/mol. The molecule has 0 heterocycles. The molecule has 0 nitrogen and oxygen atoms in total. The van der Waals surface area contributed by atoms with Gasteiger partial charge >= 0.3 is 58.6 Å². The summed E-state index contributed by atoms with van der Waals surface area (Å²) >= 11 is 0. The van der Waals surface area contributed by atoms with E-state index in [1.165, 1.54) is 12.8 Å². The van der Waals surface area contributed by atoms with Gasteiger partial charge in [-0.2, -0.15) is 0 Å². The molecule has 0 aliphatic rings. The van der Waals surface area contributed by atoms with E-state index in [4.69, 9.17) is 6.42 Å². The first-order valence-corrected chi connectivity index (χ1v) is 3.68. The molecule has 0 N–H and O–H groups in total. The summed E-state index contributed by atoms with van der Waals surface area (Å²) in [5, 5.41) is 0. The maximum Gasteiger partial charge on any atom is 1.00 e. The van der Waals surface area contributed by atoms with E-state index >= 15 is 0 Å². The summed E-state index contributed by atoms with van der Waals surface area (Å²) in [6, 6.07) is 0. The van der Waals surface area contributed by atoms with Crippen LogP contribution in [-0.2, 0) is 0 Å². The maximum absolute atomic E-state index is 9.75. The first-order chi connectivity index (χ1) is 5.41. The molecule has 0 rings (SSSR count). The second-order valence-electron chi connectivity index (χ2n) is 2.13. The maximum atomic E-state index is 9.75. The van der Waals surface area contributed by atoms with Crippen molar-refractivity contribution in [3.8, 4) is 5.92 Å². The Kier molecular flexibility index (Phi) is 19.5. The Morgan fingerprint density at radius 1 is 1.15 bits per heavy atom.